The highest BCUT2D eigenvalue weighted by atomic mass is 35.5. The van der Waals surface area contributed by atoms with Crippen LogP contribution in [0.15, 0.2) is 67.8 Å². The Bertz CT molecular complexity index is 1940. The number of hydrogen-bond acceptors (Lipinski definition) is 9. The molecule has 0 aliphatic carbocycles. The van der Waals surface area contributed by atoms with Crippen LogP contribution in [0.4, 0.5) is 26.0 Å². The van der Waals surface area contributed by atoms with Gasteiger partial charge in [-0.15, -0.1) is 5.10 Å². The molecule has 4 heterocycles. The summed E-state index contributed by atoms with van der Waals surface area (Å²) in [6, 6.07) is 9.54. The van der Waals surface area contributed by atoms with Gasteiger partial charge in [-0.25, -0.2) is 23.4 Å². The molecule has 46 heavy (non-hydrogen) atoms. The maximum Gasteiger partial charge on any atom is 0.245 e. The zero-order valence-electron chi connectivity index (χ0n) is 24.9. The molecule has 236 valence electrons. The van der Waals surface area contributed by atoms with Crippen LogP contribution in [-0.2, 0) is 4.79 Å². The first-order valence-electron chi connectivity index (χ1n) is 14.4. The fourth-order valence-electron chi connectivity index (χ4n) is 5.13. The first kappa shape index (κ1) is 30.7. The van der Waals surface area contributed by atoms with E-state index in [1.54, 1.807) is 31.2 Å². The van der Waals surface area contributed by atoms with E-state index in [0.29, 0.717) is 46.9 Å². The predicted octanol–water partition coefficient (Wildman–Crippen LogP) is 6.58. The van der Waals surface area contributed by atoms with Crippen molar-refractivity contribution < 1.29 is 23.0 Å². The lowest BCUT2D eigenvalue weighted by Gasteiger charge is -2.32. The molecule has 1 fully saturated rings. The van der Waals surface area contributed by atoms with E-state index < -0.39 is 11.6 Å². The lowest BCUT2D eigenvalue weighted by Crippen LogP contribution is -2.41. The fraction of sp³-hybridized carbons (Fsp3) is 0.219. The average Bonchev–Trinajstić information content (AvgIpc) is 3.54. The number of pyridine rings is 1. The van der Waals surface area contributed by atoms with E-state index in [1.807, 2.05) is 6.07 Å². The van der Waals surface area contributed by atoms with Gasteiger partial charge in [0.2, 0.25) is 11.8 Å². The number of aryl methyl sites for hydroxylation is 1. The summed E-state index contributed by atoms with van der Waals surface area (Å²) in [5.41, 5.74) is 2.02. The predicted molar refractivity (Wildman–Crippen MR) is 170 cm³/mol. The normalized spacial score (nSPS) is 13.5. The number of carbonyl (C=O) groups is 1. The maximum absolute atomic E-state index is 15.6. The molecule has 0 bridgehead atoms. The smallest absolute Gasteiger partial charge is 0.245 e. The van der Waals surface area contributed by atoms with Gasteiger partial charge in [-0.05, 0) is 44.0 Å². The van der Waals surface area contributed by atoms with Crippen LogP contribution in [0, 0.1) is 18.6 Å². The Morgan fingerprint density at radius 3 is 2.63 bits per heavy atom. The van der Waals surface area contributed by atoms with Gasteiger partial charge in [0, 0.05) is 48.9 Å². The highest BCUT2D eigenvalue weighted by Gasteiger charge is 2.23. The summed E-state index contributed by atoms with van der Waals surface area (Å²) in [6.07, 6.45) is 7.23. The molecule has 14 heteroatoms. The number of aromatic nitrogens is 5. The third-order valence-electron chi connectivity index (χ3n) is 7.65. The van der Waals surface area contributed by atoms with Crippen LogP contribution < -0.4 is 20.1 Å². The number of ether oxygens (including phenoxy) is 2. The van der Waals surface area contributed by atoms with Gasteiger partial charge in [-0.2, -0.15) is 0 Å². The fourth-order valence-corrected chi connectivity index (χ4v) is 5.34. The number of piperidine rings is 1. The Morgan fingerprint density at radius 2 is 1.89 bits per heavy atom. The second kappa shape index (κ2) is 13.0. The van der Waals surface area contributed by atoms with Gasteiger partial charge in [0.05, 0.1) is 41.6 Å². The van der Waals surface area contributed by atoms with Gasteiger partial charge in [-0.1, -0.05) is 18.2 Å². The van der Waals surface area contributed by atoms with Crippen molar-refractivity contribution in [2.45, 2.75) is 25.8 Å². The van der Waals surface area contributed by atoms with Gasteiger partial charge in [0.25, 0.3) is 0 Å². The van der Waals surface area contributed by atoms with Crippen LogP contribution in [0.5, 0.6) is 17.4 Å². The van der Waals surface area contributed by atoms with Crippen molar-refractivity contribution in [2.24, 2.45) is 0 Å². The first-order valence-corrected chi connectivity index (χ1v) is 14.7. The molecule has 1 aliphatic rings. The lowest BCUT2D eigenvalue weighted by molar-refractivity contribution is -0.126. The van der Waals surface area contributed by atoms with Crippen LogP contribution >= 0.6 is 11.6 Å². The number of amides is 1. The number of fused-ring (bicyclic) bond motifs is 1. The topological polar surface area (TPSA) is 119 Å². The zero-order chi connectivity index (χ0) is 32.4. The minimum absolute atomic E-state index is 0.0350. The Balaban J connectivity index is 1.21. The third kappa shape index (κ3) is 6.26. The van der Waals surface area contributed by atoms with E-state index in [0.717, 1.165) is 12.8 Å². The first-order chi connectivity index (χ1) is 22.2. The number of benzene rings is 2. The van der Waals surface area contributed by atoms with Gasteiger partial charge in [-0.3, -0.25) is 9.78 Å². The van der Waals surface area contributed by atoms with Crippen LogP contribution in [0.25, 0.3) is 16.6 Å². The number of hydrogen-bond donors (Lipinski definition) is 2. The summed E-state index contributed by atoms with van der Waals surface area (Å²) >= 11 is 6.38. The standard InChI is InChI=1S/C32H29ClF2N8O3/c1-4-29(44)42-10-7-19(8-11-42)39-25-14-21-24(15-27(25)45-3)37-17-38-32(21)40-23-5-6-26(30(33)31(23)35)46-28-9-12-43(41-28)20-13-22(34)18(2)36-16-20/h4-6,9,12-17,19,39H,1,7-8,10-11H2,2-3H3,(H,37,38,40). The van der Waals surface area contributed by atoms with Crippen molar-refractivity contribution >= 4 is 45.6 Å². The van der Waals surface area contributed by atoms with Crippen molar-refractivity contribution in [3.8, 4) is 23.1 Å². The second-order valence-corrected chi connectivity index (χ2v) is 10.9. The monoisotopic (exact) mass is 646 g/mol. The zero-order valence-corrected chi connectivity index (χ0v) is 25.7. The maximum atomic E-state index is 15.6. The molecule has 2 N–H and O–H groups in total. The van der Waals surface area contributed by atoms with Gasteiger partial charge in [0.15, 0.2) is 11.6 Å². The number of methoxy groups -OCH3 is 1. The van der Waals surface area contributed by atoms with Gasteiger partial charge < -0.3 is 25.0 Å². The van der Waals surface area contributed by atoms with Crippen molar-refractivity contribution in [2.75, 3.05) is 30.8 Å². The van der Waals surface area contributed by atoms with E-state index in [-0.39, 0.29) is 40.0 Å². The summed E-state index contributed by atoms with van der Waals surface area (Å²) in [7, 11) is 1.57. The molecule has 6 rings (SSSR count). The molecule has 2 aromatic carbocycles. The highest BCUT2D eigenvalue weighted by molar-refractivity contribution is 6.32. The molecule has 0 atom stereocenters. The third-order valence-corrected chi connectivity index (χ3v) is 8.00. The molecule has 1 saturated heterocycles. The largest absolute Gasteiger partial charge is 0.495 e. The average molecular weight is 647 g/mol. The van der Waals surface area contributed by atoms with E-state index in [1.165, 1.54) is 47.5 Å². The molecular weight excluding hydrogens is 618 g/mol. The number of nitrogens with zero attached hydrogens (tertiary/aromatic N) is 6. The quantitative estimate of drug-likeness (QED) is 0.171. The minimum Gasteiger partial charge on any atom is -0.495 e. The van der Waals surface area contributed by atoms with Gasteiger partial charge >= 0.3 is 0 Å². The Kier molecular flexibility index (Phi) is 8.66. The number of anilines is 3. The second-order valence-electron chi connectivity index (χ2n) is 10.6. The van der Waals surface area contributed by atoms with Crippen LogP contribution in [-0.4, -0.2) is 61.8 Å². The molecule has 0 spiro atoms. The number of rotatable bonds is 9. The van der Waals surface area contributed by atoms with Gasteiger partial charge in [0.1, 0.15) is 28.7 Å². The molecule has 0 radical (unpaired) electrons. The molecule has 1 amide bonds. The summed E-state index contributed by atoms with van der Waals surface area (Å²) in [4.78, 5) is 26.5. The van der Waals surface area contributed by atoms with Crippen LogP contribution in [0.1, 0.15) is 18.5 Å². The molecule has 3 aromatic heterocycles. The Morgan fingerprint density at radius 1 is 1.09 bits per heavy atom. The summed E-state index contributed by atoms with van der Waals surface area (Å²) in [6.45, 7) is 6.35. The molecule has 5 aromatic rings. The summed E-state index contributed by atoms with van der Waals surface area (Å²) < 4.78 is 42.3. The summed E-state index contributed by atoms with van der Waals surface area (Å²) in [5.74, 6) is -0.212. The van der Waals surface area contributed by atoms with Crippen LogP contribution in [0.2, 0.25) is 5.02 Å². The van der Waals surface area contributed by atoms with Crippen molar-refractivity contribution in [1.82, 2.24) is 29.6 Å². The number of likely N-dealkylation sites (tertiary alicyclic amines) is 1. The molecule has 11 nitrogen and oxygen atoms in total. The van der Waals surface area contributed by atoms with E-state index in [2.05, 4.69) is 37.3 Å². The number of nitrogens with one attached hydrogen (secondary N) is 2. The minimum atomic E-state index is -0.761. The Hall–Kier alpha value is -5.30. The van der Waals surface area contributed by atoms with E-state index in [9.17, 15) is 9.18 Å². The molecule has 0 saturated carbocycles. The number of carbonyl (C=O) groups excluding carboxylic acids is 1. The van der Waals surface area contributed by atoms with E-state index >= 15 is 4.39 Å². The van der Waals surface area contributed by atoms with Crippen molar-refractivity contribution in [3.63, 3.8) is 0 Å². The van der Waals surface area contributed by atoms with Crippen molar-refractivity contribution in [1.29, 1.82) is 0 Å². The van der Waals surface area contributed by atoms with Crippen LogP contribution in [0.3, 0.4) is 0 Å². The highest BCUT2D eigenvalue weighted by Crippen LogP contribution is 2.38. The number of halogens is 3. The molecular formula is C32H29ClF2N8O3. The SMILES string of the molecule is C=CC(=O)N1CCC(Nc2cc3c(Nc4ccc(Oc5ccn(-c6cnc(C)c(F)c6)n5)c(Cl)c4F)ncnc3cc2OC)CC1. The Labute approximate surface area is 267 Å². The molecule has 1 aliphatic heterocycles. The molecule has 0 unspecified atom stereocenters. The van der Waals surface area contributed by atoms with E-state index in [4.69, 9.17) is 21.1 Å². The lowest BCUT2D eigenvalue weighted by atomic mass is 10.0. The summed E-state index contributed by atoms with van der Waals surface area (Å²) in [5, 5.41) is 11.1. The van der Waals surface area contributed by atoms with Crippen molar-refractivity contribution in [3.05, 3.63) is 90.1 Å².